The van der Waals surface area contributed by atoms with Crippen molar-refractivity contribution in [2.45, 2.75) is 40.5 Å². The van der Waals surface area contributed by atoms with Crippen LogP contribution in [0.25, 0.3) is 0 Å². The molecule has 0 bridgehead atoms. The molecule has 0 aliphatic heterocycles. The first-order chi connectivity index (χ1) is 11.1. The molecule has 0 amide bonds. The van der Waals surface area contributed by atoms with E-state index in [0.29, 0.717) is 49.1 Å². The SMILES string of the molecule is CCCC(=O)c1cc(OCC)c(OCC)cc1OCC.O=CO. The molecule has 0 heterocycles. The highest BCUT2D eigenvalue weighted by Crippen LogP contribution is 2.36. The van der Waals surface area contributed by atoms with E-state index in [-0.39, 0.29) is 12.3 Å². The monoisotopic (exact) mass is 326 g/mol. The normalized spacial score (nSPS) is 9.39. The van der Waals surface area contributed by atoms with E-state index in [2.05, 4.69) is 0 Å². The van der Waals surface area contributed by atoms with E-state index < -0.39 is 0 Å². The largest absolute Gasteiger partial charge is 0.493 e. The Hall–Kier alpha value is -2.24. The second-order valence-electron chi connectivity index (χ2n) is 4.37. The van der Waals surface area contributed by atoms with Gasteiger partial charge in [0, 0.05) is 12.5 Å². The molecule has 1 aromatic rings. The van der Waals surface area contributed by atoms with Crippen molar-refractivity contribution in [3.05, 3.63) is 17.7 Å². The van der Waals surface area contributed by atoms with E-state index in [1.54, 1.807) is 12.1 Å². The highest BCUT2D eigenvalue weighted by atomic mass is 16.5. The van der Waals surface area contributed by atoms with Gasteiger partial charge in [-0.15, -0.1) is 0 Å². The van der Waals surface area contributed by atoms with Crippen molar-refractivity contribution in [3.8, 4) is 17.2 Å². The zero-order chi connectivity index (χ0) is 17.7. The second-order valence-corrected chi connectivity index (χ2v) is 4.37. The fourth-order valence-corrected chi connectivity index (χ4v) is 1.93. The molecule has 0 atom stereocenters. The molecule has 23 heavy (non-hydrogen) atoms. The van der Waals surface area contributed by atoms with Crippen molar-refractivity contribution in [1.29, 1.82) is 0 Å². The number of benzene rings is 1. The summed E-state index contributed by atoms with van der Waals surface area (Å²) < 4.78 is 16.7. The summed E-state index contributed by atoms with van der Waals surface area (Å²) in [6.45, 7) is 9.00. The average Bonchev–Trinajstić information content (AvgIpc) is 2.51. The van der Waals surface area contributed by atoms with Crippen LogP contribution in [0.1, 0.15) is 50.9 Å². The summed E-state index contributed by atoms with van der Waals surface area (Å²) in [7, 11) is 0. The number of Topliss-reactive ketones (excluding diaryl/α,β-unsaturated/α-hetero) is 1. The highest BCUT2D eigenvalue weighted by molar-refractivity contribution is 5.99. The van der Waals surface area contributed by atoms with Gasteiger partial charge in [-0.05, 0) is 33.3 Å². The maximum Gasteiger partial charge on any atom is 0.290 e. The number of hydrogen-bond donors (Lipinski definition) is 1. The Morgan fingerprint density at radius 2 is 1.39 bits per heavy atom. The van der Waals surface area contributed by atoms with Gasteiger partial charge >= 0.3 is 0 Å². The molecule has 0 saturated carbocycles. The number of carbonyl (C=O) groups is 2. The second kappa shape index (κ2) is 12.3. The van der Waals surface area contributed by atoms with Gasteiger partial charge in [-0.3, -0.25) is 9.59 Å². The molecular weight excluding hydrogens is 300 g/mol. The van der Waals surface area contributed by atoms with Gasteiger partial charge in [-0.2, -0.15) is 0 Å². The predicted octanol–water partition coefficient (Wildman–Crippen LogP) is 3.57. The Morgan fingerprint density at radius 3 is 1.83 bits per heavy atom. The van der Waals surface area contributed by atoms with Crippen molar-refractivity contribution >= 4 is 12.3 Å². The topological polar surface area (TPSA) is 82.1 Å². The molecule has 0 aliphatic rings. The van der Waals surface area contributed by atoms with Gasteiger partial charge in [0.05, 0.1) is 25.4 Å². The van der Waals surface area contributed by atoms with Crippen LogP contribution in [0.15, 0.2) is 12.1 Å². The maximum absolute atomic E-state index is 12.2. The minimum absolute atomic E-state index is 0.0694. The first kappa shape index (κ1) is 20.8. The lowest BCUT2D eigenvalue weighted by molar-refractivity contribution is -0.122. The van der Waals surface area contributed by atoms with Gasteiger partial charge in [0.1, 0.15) is 5.75 Å². The van der Waals surface area contributed by atoms with Crippen LogP contribution >= 0.6 is 0 Å². The molecule has 130 valence electrons. The first-order valence-corrected chi connectivity index (χ1v) is 7.76. The zero-order valence-corrected chi connectivity index (χ0v) is 14.3. The van der Waals surface area contributed by atoms with E-state index in [1.807, 2.05) is 27.7 Å². The van der Waals surface area contributed by atoms with Gasteiger partial charge in [0.25, 0.3) is 6.47 Å². The van der Waals surface area contributed by atoms with Crippen LogP contribution in [0, 0.1) is 0 Å². The molecule has 0 radical (unpaired) electrons. The molecule has 0 unspecified atom stereocenters. The van der Waals surface area contributed by atoms with E-state index in [4.69, 9.17) is 24.1 Å². The Labute approximate surface area is 137 Å². The quantitative estimate of drug-likeness (QED) is 0.552. The lowest BCUT2D eigenvalue weighted by Gasteiger charge is -2.16. The van der Waals surface area contributed by atoms with Crippen molar-refractivity contribution in [2.75, 3.05) is 19.8 Å². The molecule has 0 fully saturated rings. The standard InChI is InChI=1S/C16H24O4.CH2O2/c1-5-9-13(17)12-10-15(19-7-3)16(20-8-4)11-14(12)18-6-2;2-1-3/h10-11H,5-9H2,1-4H3;1H,(H,2,3). The lowest BCUT2D eigenvalue weighted by atomic mass is 10.0. The molecule has 0 aliphatic carbocycles. The van der Waals surface area contributed by atoms with Crippen LogP contribution < -0.4 is 14.2 Å². The fourth-order valence-electron chi connectivity index (χ4n) is 1.93. The molecule has 0 aromatic heterocycles. The zero-order valence-electron chi connectivity index (χ0n) is 14.3. The van der Waals surface area contributed by atoms with Crippen molar-refractivity contribution in [3.63, 3.8) is 0 Å². The van der Waals surface area contributed by atoms with Crippen molar-refractivity contribution in [2.24, 2.45) is 0 Å². The molecule has 1 aromatic carbocycles. The minimum atomic E-state index is -0.250. The number of carbonyl (C=O) groups excluding carboxylic acids is 1. The van der Waals surface area contributed by atoms with Crippen LogP contribution in [0.3, 0.4) is 0 Å². The van der Waals surface area contributed by atoms with Gasteiger partial charge in [0.2, 0.25) is 0 Å². The van der Waals surface area contributed by atoms with Crippen LogP contribution in [0.5, 0.6) is 17.2 Å². The Balaban J connectivity index is 0.00000149. The average molecular weight is 326 g/mol. The highest BCUT2D eigenvalue weighted by Gasteiger charge is 2.17. The van der Waals surface area contributed by atoms with Gasteiger partial charge < -0.3 is 19.3 Å². The molecule has 6 heteroatoms. The fraction of sp³-hybridized carbons (Fsp3) is 0.529. The molecule has 0 spiro atoms. The lowest BCUT2D eigenvalue weighted by Crippen LogP contribution is -2.07. The Kier molecular flexibility index (Phi) is 11.1. The van der Waals surface area contributed by atoms with E-state index in [9.17, 15) is 4.79 Å². The van der Waals surface area contributed by atoms with Crippen LogP contribution in [0.4, 0.5) is 0 Å². The summed E-state index contributed by atoms with van der Waals surface area (Å²) in [5.41, 5.74) is 0.570. The molecule has 1 N–H and O–H groups in total. The molecular formula is C17H26O6. The molecule has 6 nitrogen and oxygen atoms in total. The molecule has 1 rings (SSSR count). The van der Waals surface area contributed by atoms with Crippen LogP contribution in [-0.4, -0.2) is 37.2 Å². The summed E-state index contributed by atoms with van der Waals surface area (Å²) in [5, 5.41) is 6.89. The Bertz CT molecular complexity index is 484. The van der Waals surface area contributed by atoms with E-state index >= 15 is 0 Å². The maximum atomic E-state index is 12.2. The summed E-state index contributed by atoms with van der Waals surface area (Å²) in [6.07, 6.45) is 1.31. The van der Waals surface area contributed by atoms with Crippen molar-refractivity contribution < 1.29 is 28.9 Å². The third-order valence-electron chi connectivity index (χ3n) is 2.72. The summed E-state index contributed by atoms with van der Waals surface area (Å²) >= 11 is 0. The van der Waals surface area contributed by atoms with Gasteiger partial charge in [-0.25, -0.2) is 0 Å². The number of hydrogen-bond acceptors (Lipinski definition) is 5. The van der Waals surface area contributed by atoms with Gasteiger partial charge in [0.15, 0.2) is 17.3 Å². The number of carboxylic acid groups (broad SMARTS) is 1. The third-order valence-corrected chi connectivity index (χ3v) is 2.72. The van der Waals surface area contributed by atoms with E-state index in [1.165, 1.54) is 0 Å². The Morgan fingerprint density at radius 1 is 0.957 bits per heavy atom. The first-order valence-electron chi connectivity index (χ1n) is 7.76. The van der Waals surface area contributed by atoms with Crippen LogP contribution in [-0.2, 0) is 4.79 Å². The third kappa shape index (κ3) is 7.04. The number of rotatable bonds is 9. The van der Waals surface area contributed by atoms with Crippen molar-refractivity contribution in [1.82, 2.24) is 0 Å². The molecule has 0 saturated heterocycles. The number of ketones is 1. The predicted molar refractivity (Wildman–Crippen MR) is 87.9 cm³/mol. The smallest absolute Gasteiger partial charge is 0.290 e. The summed E-state index contributed by atoms with van der Waals surface area (Å²) in [4.78, 5) is 20.6. The minimum Gasteiger partial charge on any atom is -0.493 e. The summed E-state index contributed by atoms with van der Waals surface area (Å²) in [6, 6.07) is 3.48. The number of ether oxygens (including phenoxy) is 3. The van der Waals surface area contributed by atoms with E-state index in [0.717, 1.165) is 6.42 Å². The van der Waals surface area contributed by atoms with Crippen LogP contribution in [0.2, 0.25) is 0 Å². The van der Waals surface area contributed by atoms with Gasteiger partial charge in [-0.1, -0.05) is 6.92 Å². The summed E-state index contributed by atoms with van der Waals surface area (Å²) in [5.74, 6) is 1.85.